The molecule has 0 amide bonds. The van der Waals surface area contributed by atoms with Crippen molar-refractivity contribution in [3.05, 3.63) is 0 Å². The highest BCUT2D eigenvalue weighted by atomic mass is 15.1. The summed E-state index contributed by atoms with van der Waals surface area (Å²) in [6.45, 7) is 8.97. The first kappa shape index (κ1) is 13.9. The normalized spacial score (nSPS) is 13.9. The lowest BCUT2D eigenvalue weighted by Gasteiger charge is -2.22. The molecular formula is C11H27N3. The molecule has 0 spiro atoms. The summed E-state index contributed by atoms with van der Waals surface area (Å²) in [5, 5.41) is 3.42. The third kappa shape index (κ3) is 8.48. The zero-order chi connectivity index (χ0) is 11.0. The third-order valence-electron chi connectivity index (χ3n) is 2.28. The van der Waals surface area contributed by atoms with E-state index >= 15 is 0 Å². The molecule has 0 aromatic carbocycles. The van der Waals surface area contributed by atoms with Gasteiger partial charge in [-0.1, -0.05) is 6.92 Å². The Labute approximate surface area is 89.5 Å². The highest BCUT2D eigenvalue weighted by Gasteiger charge is 2.04. The first-order valence-corrected chi connectivity index (χ1v) is 5.63. The van der Waals surface area contributed by atoms with Crippen molar-refractivity contribution in [3.63, 3.8) is 0 Å². The number of hydrogen-bond acceptors (Lipinski definition) is 3. The predicted molar refractivity (Wildman–Crippen MR) is 63.8 cm³/mol. The average Bonchev–Trinajstić information content (AvgIpc) is 2.03. The molecule has 0 saturated carbocycles. The van der Waals surface area contributed by atoms with Crippen molar-refractivity contribution >= 4 is 0 Å². The number of rotatable bonds is 8. The first-order chi connectivity index (χ1) is 6.56. The molecule has 0 heterocycles. The zero-order valence-corrected chi connectivity index (χ0v) is 10.5. The van der Waals surface area contributed by atoms with Crippen LogP contribution in [-0.2, 0) is 0 Å². The van der Waals surface area contributed by atoms with Crippen molar-refractivity contribution in [2.75, 3.05) is 47.3 Å². The lowest BCUT2D eigenvalue weighted by Crippen LogP contribution is -2.38. The van der Waals surface area contributed by atoms with Crippen molar-refractivity contribution < 1.29 is 0 Å². The lowest BCUT2D eigenvalue weighted by molar-refractivity contribution is 0.276. The SMILES string of the molecule is CCNC(C)CN(C)CCCN(C)C. The van der Waals surface area contributed by atoms with E-state index in [1.807, 2.05) is 0 Å². The molecule has 0 aliphatic carbocycles. The number of nitrogens with zero attached hydrogens (tertiary/aromatic N) is 2. The molecule has 0 aromatic rings. The van der Waals surface area contributed by atoms with Crippen LogP contribution < -0.4 is 5.32 Å². The second kappa shape index (κ2) is 8.21. The molecule has 0 aliphatic rings. The Morgan fingerprint density at radius 1 is 1.14 bits per heavy atom. The van der Waals surface area contributed by atoms with Crippen LogP contribution in [0.5, 0.6) is 0 Å². The monoisotopic (exact) mass is 201 g/mol. The summed E-state index contributed by atoms with van der Waals surface area (Å²) in [4.78, 5) is 4.64. The maximum atomic E-state index is 3.42. The minimum Gasteiger partial charge on any atom is -0.313 e. The van der Waals surface area contributed by atoms with Gasteiger partial charge in [-0.15, -0.1) is 0 Å². The van der Waals surface area contributed by atoms with Crippen LogP contribution in [0.15, 0.2) is 0 Å². The molecule has 14 heavy (non-hydrogen) atoms. The van der Waals surface area contributed by atoms with Crippen LogP contribution >= 0.6 is 0 Å². The predicted octanol–water partition coefficient (Wildman–Crippen LogP) is 0.868. The molecule has 0 radical (unpaired) electrons. The summed E-state index contributed by atoms with van der Waals surface area (Å²) in [6.07, 6.45) is 1.25. The van der Waals surface area contributed by atoms with Gasteiger partial charge in [0.1, 0.15) is 0 Å². The van der Waals surface area contributed by atoms with E-state index in [1.54, 1.807) is 0 Å². The van der Waals surface area contributed by atoms with Crippen molar-refractivity contribution in [2.45, 2.75) is 26.3 Å². The summed E-state index contributed by atoms with van der Waals surface area (Å²) < 4.78 is 0. The van der Waals surface area contributed by atoms with Crippen LogP contribution in [0.3, 0.4) is 0 Å². The van der Waals surface area contributed by atoms with Gasteiger partial charge in [0.15, 0.2) is 0 Å². The van der Waals surface area contributed by atoms with Gasteiger partial charge < -0.3 is 15.1 Å². The molecule has 0 aliphatic heterocycles. The minimum absolute atomic E-state index is 0.601. The van der Waals surface area contributed by atoms with Crippen molar-refractivity contribution in [1.29, 1.82) is 0 Å². The van der Waals surface area contributed by atoms with E-state index in [2.05, 4.69) is 50.1 Å². The van der Waals surface area contributed by atoms with Crippen LogP contribution in [0.4, 0.5) is 0 Å². The maximum absolute atomic E-state index is 3.42. The molecule has 0 aromatic heterocycles. The van der Waals surface area contributed by atoms with E-state index in [-0.39, 0.29) is 0 Å². The van der Waals surface area contributed by atoms with Gasteiger partial charge in [0.25, 0.3) is 0 Å². The van der Waals surface area contributed by atoms with Crippen LogP contribution in [-0.4, -0.2) is 63.2 Å². The van der Waals surface area contributed by atoms with Gasteiger partial charge >= 0.3 is 0 Å². The molecule has 0 fully saturated rings. The number of hydrogen-bond donors (Lipinski definition) is 1. The molecule has 1 atom stereocenters. The summed E-state index contributed by atoms with van der Waals surface area (Å²) in [7, 11) is 6.45. The van der Waals surface area contributed by atoms with Gasteiger partial charge in [0, 0.05) is 12.6 Å². The summed E-state index contributed by atoms with van der Waals surface area (Å²) in [5.41, 5.74) is 0. The van der Waals surface area contributed by atoms with Gasteiger partial charge in [-0.05, 0) is 54.1 Å². The fourth-order valence-corrected chi connectivity index (χ4v) is 1.63. The van der Waals surface area contributed by atoms with Gasteiger partial charge in [0.2, 0.25) is 0 Å². The molecule has 0 bridgehead atoms. The second-order valence-corrected chi connectivity index (χ2v) is 4.38. The Bertz CT molecular complexity index is 126. The first-order valence-electron chi connectivity index (χ1n) is 5.63. The summed E-state index contributed by atoms with van der Waals surface area (Å²) >= 11 is 0. The van der Waals surface area contributed by atoms with Crippen LogP contribution in [0.1, 0.15) is 20.3 Å². The van der Waals surface area contributed by atoms with Crippen LogP contribution in [0, 0.1) is 0 Å². The van der Waals surface area contributed by atoms with Gasteiger partial charge in [-0.25, -0.2) is 0 Å². The Hall–Kier alpha value is -0.120. The Morgan fingerprint density at radius 3 is 2.29 bits per heavy atom. The zero-order valence-electron chi connectivity index (χ0n) is 10.5. The average molecular weight is 201 g/mol. The quantitative estimate of drug-likeness (QED) is 0.628. The standard InChI is InChI=1S/C11H27N3/c1-6-12-11(2)10-14(5)9-7-8-13(3)4/h11-12H,6-10H2,1-5H3. The Morgan fingerprint density at radius 2 is 1.79 bits per heavy atom. The van der Waals surface area contributed by atoms with Crippen LogP contribution in [0.25, 0.3) is 0 Å². The van der Waals surface area contributed by atoms with Gasteiger partial charge in [-0.3, -0.25) is 0 Å². The molecule has 0 saturated heterocycles. The highest BCUT2D eigenvalue weighted by molar-refractivity contribution is 4.64. The Kier molecular flexibility index (Phi) is 8.14. The smallest absolute Gasteiger partial charge is 0.0166 e. The van der Waals surface area contributed by atoms with E-state index in [9.17, 15) is 0 Å². The third-order valence-corrected chi connectivity index (χ3v) is 2.28. The van der Waals surface area contributed by atoms with Crippen molar-refractivity contribution in [2.24, 2.45) is 0 Å². The molecule has 3 nitrogen and oxygen atoms in total. The summed E-state index contributed by atoms with van der Waals surface area (Å²) in [6, 6.07) is 0.601. The molecule has 3 heteroatoms. The van der Waals surface area contributed by atoms with E-state index in [0.29, 0.717) is 6.04 Å². The molecule has 86 valence electrons. The lowest BCUT2D eigenvalue weighted by atomic mass is 10.3. The highest BCUT2D eigenvalue weighted by Crippen LogP contribution is 1.92. The van der Waals surface area contributed by atoms with E-state index < -0.39 is 0 Å². The molecule has 1 N–H and O–H groups in total. The van der Waals surface area contributed by atoms with E-state index in [0.717, 1.165) is 13.1 Å². The molecule has 0 rings (SSSR count). The molecular weight excluding hydrogens is 174 g/mol. The van der Waals surface area contributed by atoms with E-state index in [1.165, 1.54) is 19.5 Å². The van der Waals surface area contributed by atoms with Crippen molar-refractivity contribution in [1.82, 2.24) is 15.1 Å². The topological polar surface area (TPSA) is 18.5 Å². The van der Waals surface area contributed by atoms with E-state index in [4.69, 9.17) is 0 Å². The van der Waals surface area contributed by atoms with Crippen molar-refractivity contribution in [3.8, 4) is 0 Å². The van der Waals surface area contributed by atoms with Gasteiger partial charge in [0.05, 0.1) is 0 Å². The van der Waals surface area contributed by atoms with Gasteiger partial charge in [-0.2, -0.15) is 0 Å². The minimum atomic E-state index is 0.601. The second-order valence-electron chi connectivity index (χ2n) is 4.38. The largest absolute Gasteiger partial charge is 0.313 e. The fourth-order valence-electron chi connectivity index (χ4n) is 1.63. The maximum Gasteiger partial charge on any atom is 0.0166 e. The molecule has 1 unspecified atom stereocenters. The summed E-state index contributed by atoms with van der Waals surface area (Å²) in [5.74, 6) is 0. The Balaban J connectivity index is 3.39. The number of likely N-dealkylation sites (N-methyl/N-ethyl adjacent to an activating group) is 2. The van der Waals surface area contributed by atoms with Crippen LogP contribution in [0.2, 0.25) is 0 Å². The number of nitrogens with one attached hydrogen (secondary N) is 1. The fraction of sp³-hybridized carbons (Fsp3) is 1.00.